The molecule has 210 valence electrons. The predicted octanol–water partition coefficient (Wildman–Crippen LogP) is 5.42. The molecule has 3 aromatic rings. The lowest BCUT2D eigenvalue weighted by Crippen LogP contribution is -2.50. The Morgan fingerprint density at radius 3 is 2.12 bits per heavy atom. The van der Waals surface area contributed by atoms with Gasteiger partial charge >= 0.3 is 5.97 Å². The van der Waals surface area contributed by atoms with E-state index in [9.17, 15) is 19.5 Å². The van der Waals surface area contributed by atoms with E-state index in [1.165, 1.54) is 0 Å². The maximum Gasteiger partial charge on any atom is 0.305 e. The maximum absolute atomic E-state index is 13.4. The molecule has 8 heteroatoms. The van der Waals surface area contributed by atoms with Crippen molar-refractivity contribution < 1.29 is 24.2 Å². The highest BCUT2D eigenvalue weighted by atomic mass is 16.5. The molecule has 40 heavy (non-hydrogen) atoms. The number of anilines is 2. The van der Waals surface area contributed by atoms with Gasteiger partial charge in [-0.2, -0.15) is 0 Å². The van der Waals surface area contributed by atoms with Gasteiger partial charge in [0.1, 0.15) is 0 Å². The largest absolute Gasteiger partial charge is 0.481 e. The first-order chi connectivity index (χ1) is 19.0. The van der Waals surface area contributed by atoms with Gasteiger partial charge in [0.25, 0.3) is 11.8 Å². The highest BCUT2D eigenvalue weighted by Crippen LogP contribution is 2.33. The van der Waals surface area contributed by atoms with Crippen LogP contribution in [0.25, 0.3) is 0 Å². The van der Waals surface area contributed by atoms with Crippen LogP contribution in [0.15, 0.2) is 60.7 Å². The van der Waals surface area contributed by atoms with Crippen LogP contribution < -0.4 is 15.5 Å². The average Bonchev–Trinajstić information content (AvgIpc) is 2.90. The second-order valence-electron chi connectivity index (χ2n) is 10.7. The van der Waals surface area contributed by atoms with Crippen LogP contribution in [0.2, 0.25) is 0 Å². The molecule has 1 fully saturated rings. The monoisotopic (exact) mass is 543 g/mol. The molecule has 1 heterocycles. The number of amides is 2. The Kier molecular flexibility index (Phi) is 8.90. The number of carbonyl (C=O) groups excluding carboxylic acids is 2. The lowest BCUT2D eigenvalue weighted by atomic mass is 10.0. The van der Waals surface area contributed by atoms with Gasteiger partial charge in [-0.3, -0.25) is 14.4 Å². The fourth-order valence-corrected chi connectivity index (χ4v) is 5.03. The van der Waals surface area contributed by atoms with E-state index in [4.69, 9.17) is 4.74 Å². The lowest BCUT2D eigenvalue weighted by molar-refractivity contribution is -0.137. The Morgan fingerprint density at radius 2 is 1.50 bits per heavy atom. The van der Waals surface area contributed by atoms with E-state index in [1.807, 2.05) is 63.2 Å². The second kappa shape index (κ2) is 12.3. The van der Waals surface area contributed by atoms with Gasteiger partial charge < -0.3 is 25.4 Å². The van der Waals surface area contributed by atoms with E-state index in [0.717, 1.165) is 22.4 Å². The summed E-state index contributed by atoms with van der Waals surface area (Å²) in [4.78, 5) is 40.6. The van der Waals surface area contributed by atoms with Crippen molar-refractivity contribution in [2.75, 3.05) is 23.4 Å². The number of ether oxygens (including phenoxy) is 1. The van der Waals surface area contributed by atoms with Crippen molar-refractivity contribution in [3.05, 3.63) is 94.0 Å². The number of aliphatic carboxylic acids is 1. The first-order valence-electron chi connectivity index (χ1n) is 13.5. The minimum absolute atomic E-state index is 0.0576. The summed E-state index contributed by atoms with van der Waals surface area (Å²) in [5, 5.41) is 15.4. The topological polar surface area (TPSA) is 108 Å². The SMILES string of the molecule is Cc1ccc(C(CC(=O)O)NC(=O)c2ccc(N3C(C)COCC3C)c(NC(=O)c3ccc(C)c(C)c3)c2)cc1. The predicted molar refractivity (Wildman–Crippen MR) is 156 cm³/mol. The molecule has 4 rings (SSSR count). The zero-order chi connectivity index (χ0) is 29.0. The zero-order valence-corrected chi connectivity index (χ0v) is 23.7. The average molecular weight is 544 g/mol. The van der Waals surface area contributed by atoms with Gasteiger partial charge in [0.2, 0.25) is 0 Å². The van der Waals surface area contributed by atoms with Crippen molar-refractivity contribution in [2.45, 2.75) is 59.2 Å². The van der Waals surface area contributed by atoms with Crippen LogP contribution in [0.3, 0.4) is 0 Å². The Labute approximate surface area is 235 Å². The fraction of sp³-hybridized carbons (Fsp3) is 0.344. The number of benzene rings is 3. The number of nitrogens with one attached hydrogen (secondary N) is 2. The summed E-state index contributed by atoms with van der Waals surface area (Å²) in [5.41, 5.74) is 5.98. The molecule has 0 spiro atoms. The van der Waals surface area contributed by atoms with Crippen LogP contribution in [0.4, 0.5) is 11.4 Å². The number of morpholine rings is 1. The quantitative estimate of drug-likeness (QED) is 0.350. The maximum atomic E-state index is 13.4. The van der Waals surface area contributed by atoms with E-state index < -0.39 is 17.9 Å². The molecule has 0 radical (unpaired) electrons. The third-order valence-corrected chi connectivity index (χ3v) is 7.39. The van der Waals surface area contributed by atoms with Crippen molar-refractivity contribution in [3.8, 4) is 0 Å². The smallest absolute Gasteiger partial charge is 0.305 e. The Bertz CT molecular complexity index is 1390. The Balaban J connectivity index is 1.68. The molecule has 0 bridgehead atoms. The molecular formula is C32H37N3O5. The third kappa shape index (κ3) is 6.69. The number of hydrogen-bond acceptors (Lipinski definition) is 5. The Morgan fingerprint density at radius 1 is 0.875 bits per heavy atom. The minimum Gasteiger partial charge on any atom is -0.481 e. The van der Waals surface area contributed by atoms with Crippen molar-refractivity contribution in [3.63, 3.8) is 0 Å². The van der Waals surface area contributed by atoms with Crippen molar-refractivity contribution in [1.29, 1.82) is 0 Å². The number of nitrogens with zero attached hydrogens (tertiary/aromatic N) is 1. The van der Waals surface area contributed by atoms with E-state index in [1.54, 1.807) is 18.2 Å². The first-order valence-corrected chi connectivity index (χ1v) is 13.5. The van der Waals surface area contributed by atoms with Gasteiger partial charge in [0.05, 0.1) is 37.1 Å². The molecule has 0 aliphatic carbocycles. The number of aryl methyl sites for hydroxylation is 3. The summed E-state index contributed by atoms with van der Waals surface area (Å²) in [7, 11) is 0. The summed E-state index contributed by atoms with van der Waals surface area (Å²) < 4.78 is 5.71. The van der Waals surface area contributed by atoms with Crippen LogP contribution in [-0.4, -0.2) is 48.2 Å². The summed E-state index contributed by atoms with van der Waals surface area (Å²) >= 11 is 0. The number of carbonyl (C=O) groups is 3. The van der Waals surface area contributed by atoms with Crippen LogP contribution in [-0.2, 0) is 9.53 Å². The van der Waals surface area contributed by atoms with Gasteiger partial charge in [-0.25, -0.2) is 0 Å². The molecule has 0 aromatic heterocycles. The number of carboxylic acid groups (broad SMARTS) is 1. The number of carboxylic acids is 1. The lowest BCUT2D eigenvalue weighted by Gasteiger charge is -2.41. The molecule has 3 unspecified atom stereocenters. The molecule has 8 nitrogen and oxygen atoms in total. The first kappa shape index (κ1) is 28.8. The van der Waals surface area contributed by atoms with Gasteiger partial charge in [-0.1, -0.05) is 35.9 Å². The second-order valence-corrected chi connectivity index (χ2v) is 10.7. The summed E-state index contributed by atoms with van der Waals surface area (Å²) in [6, 6.07) is 17.6. The van der Waals surface area contributed by atoms with Crippen LogP contribution >= 0.6 is 0 Å². The zero-order valence-electron chi connectivity index (χ0n) is 23.7. The number of hydrogen-bond donors (Lipinski definition) is 3. The number of rotatable bonds is 8. The van der Waals surface area contributed by atoms with Gasteiger partial charge in [0.15, 0.2) is 0 Å². The van der Waals surface area contributed by atoms with E-state index in [2.05, 4.69) is 29.4 Å². The molecule has 3 atom stereocenters. The van der Waals surface area contributed by atoms with Gasteiger partial charge in [0, 0.05) is 23.2 Å². The highest BCUT2D eigenvalue weighted by molar-refractivity contribution is 6.07. The van der Waals surface area contributed by atoms with E-state index in [0.29, 0.717) is 35.6 Å². The van der Waals surface area contributed by atoms with Gasteiger partial charge in [-0.15, -0.1) is 0 Å². The van der Waals surface area contributed by atoms with Crippen LogP contribution in [0.1, 0.15) is 69.3 Å². The molecule has 1 aliphatic heterocycles. The normalized spacial score (nSPS) is 17.7. The highest BCUT2D eigenvalue weighted by Gasteiger charge is 2.29. The molecule has 3 N–H and O–H groups in total. The summed E-state index contributed by atoms with van der Waals surface area (Å²) in [6.45, 7) is 11.1. The third-order valence-electron chi connectivity index (χ3n) is 7.39. The Hall–Kier alpha value is -4.17. The standard InChI is InChI=1S/C32H37N3O5/c1-19-6-9-24(10-7-19)27(16-30(36)37)33-32(39)26-12-13-29(35-22(4)17-40-18-23(35)5)28(15-26)34-31(38)25-11-8-20(2)21(3)14-25/h6-15,22-23,27H,16-18H2,1-5H3,(H,33,39)(H,34,38)(H,36,37). The van der Waals surface area contributed by atoms with Crippen molar-refractivity contribution in [2.24, 2.45) is 0 Å². The molecule has 0 saturated carbocycles. The molecule has 1 aliphatic rings. The van der Waals surface area contributed by atoms with E-state index in [-0.39, 0.29) is 24.4 Å². The fourth-order valence-electron chi connectivity index (χ4n) is 5.03. The van der Waals surface area contributed by atoms with E-state index >= 15 is 0 Å². The molecule has 1 saturated heterocycles. The van der Waals surface area contributed by atoms with Gasteiger partial charge in [-0.05, 0) is 81.6 Å². The molecule has 3 aromatic carbocycles. The minimum atomic E-state index is -1.02. The van der Waals surface area contributed by atoms with Crippen LogP contribution in [0.5, 0.6) is 0 Å². The summed E-state index contributed by atoms with van der Waals surface area (Å²) in [6.07, 6.45) is -0.258. The van der Waals surface area contributed by atoms with Crippen LogP contribution in [0, 0.1) is 20.8 Å². The molecule has 2 amide bonds. The van der Waals surface area contributed by atoms with Crippen molar-refractivity contribution in [1.82, 2.24) is 5.32 Å². The molecular weight excluding hydrogens is 506 g/mol. The van der Waals surface area contributed by atoms with Crippen molar-refractivity contribution >= 4 is 29.2 Å². The summed E-state index contributed by atoms with van der Waals surface area (Å²) in [5.74, 6) is -1.72.